The van der Waals surface area contributed by atoms with Gasteiger partial charge in [-0.3, -0.25) is 9.58 Å². The lowest BCUT2D eigenvalue weighted by molar-refractivity contribution is 0.212. The summed E-state index contributed by atoms with van der Waals surface area (Å²) in [5.41, 5.74) is 7.11. The fraction of sp³-hybridized carbons (Fsp3) is 0.812. The molecule has 0 radical (unpaired) electrons. The van der Waals surface area contributed by atoms with Crippen LogP contribution in [0.2, 0.25) is 0 Å². The van der Waals surface area contributed by atoms with E-state index in [-0.39, 0.29) is 0 Å². The molecule has 0 aromatic carbocycles. The predicted molar refractivity (Wildman–Crippen MR) is 81.4 cm³/mol. The zero-order valence-electron chi connectivity index (χ0n) is 12.7. The van der Waals surface area contributed by atoms with Gasteiger partial charge in [0, 0.05) is 25.3 Å². The molecule has 3 rings (SSSR count). The molecule has 0 amide bonds. The van der Waals surface area contributed by atoms with Gasteiger partial charge in [-0.05, 0) is 44.7 Å². The number of hydrogen-bond donors (Lipinski definition) is 1. The maximum absolute atomic E-state index is 5.92. The van der Waals surface area contributed by atoms with Gasteiger partial charge in [-0.2, -0.15) is 5.10 Å². The smallest absolute Gasteiger partial charge is 0.0764 e. The maximum Gasteiger partial charge on any atom is 0.0764 e. The van der Waals surface area contributed by atoms with Crippen molar-refractivity contribution in [2.24, 2.45) is 11.7 Å². The number of aromatic nitrogens is 2. The molecular weight excluding hydrogens is 248 g/mol. The van der Waals surface area contributed by atoms with Crippen LogP contribution in [0.5, 0.6) is 0 Å². The lowest BCUT2D eigenvalue weighted by Gasteiger charge is -2.26. The van der Waals surface area contributed by atoms with Gasteiger partial charge in [0.05, 0.1) is 11.7 Å². The molecule has 2 N–H and O–H groups in total. The molecule has 2 saturated carbocycles. The van der Waals surface area contributed by atoms with Crippen molar-refractivity contribution in [1.82, 2.24) is 14.7 Å². The summed E-state index contributed by atoms with van der Waals surface area (Å²) in [6.45, 7) is 1.70. The Bertz CT molecular complexity index is 418. The summed E-state index contributed by atoms with van der Waals surface area (Å²) >= 11 is 0. The van der Waals surface area contributed by atoms with E-state index in [0.29, 0.717) is 12.1 Å². The summed E-state index contributed by atoms with van der Waals surface area (Å²) in [7, 11) is 2.19. The van der Waals surface area contributed by atoms with Crippen LogP contribution < -0.4 is 5.73 Å². The first-order chi connectivity index (χ1) is 9.78. The SMILES string of the molecule is CN(Cc1ccn(C2CCCCC2)n1)C(CN)C1CC1. The van der Waals surface area contributed by atoms with Crippen LogP contribution >= 0.6 is 0 Å². The number of nitrogens with zero attached hydrogens (tertiary/aromatic N) is 3. The maximum atomic E-state index is 5.92. The lowest BCUT2D eigenvalue weighted by atomic mass is 9.96. The summed E-state index contributed by atoms with van der Waals surface area (Å²) in [6.07, 6.45) is 11.6. The van der Waals surface area contributed by atoms with Gasteiger partial charge in [0.1, 0.15) is 0 Å². The van der Waals surface area contributed by atoms with Crippen LogP contribution in [-0.4, -0.2) is 34.3 Å². The van der Waals surface area contributed by atoms with E-state index < -0.39 is 0 Å². The first kappa shape index (κ1) is 14.1. The van der Waals surface area contributed by atoms with E-state index in [1.165, 1.54) is 50.6 Å². The van der Waals surface area contributed by atoms with Crippen LogP contribution in [0.4, 0.5) is 0 Å². The molecule has 4 heteroatoms. The zero-order chi connectivity index (χ0) is 13.9. The summed E-state index contributed by atoms with van der Waals surface area (Å²) in [4.78, 5) is 2.39. The summed E-state index contributed by atoms with van der Waals surface area (Å²) in [6, 6.07) is 3.36. The van der Waals surface area contributed by atoms with Gasteiger partial charge in [0.25, 0.3) is 0 Å². The molecule has 2 aliphatic rings. The molecule has 4 nitrogen and oxygen atoms in total. The zero-order valence-corrected chi connectivity index (χ0v) is 12.7. The molecule has 0 spiro atoms. The number of hydrogen-bond acceptors (Lipinski definition) is 3. The molecule has 20 heavy (non-hydrogen) atoms. The third kappa shape index (κ3) is 3.23. The highest BCUT2D eigenvalue weighted by Crippen LogP contribution is 2.35. The highest BCUT2D eigenvalue weighted by molar-refractivity contribution is 5.01. The average molecular weight is 276 g/mol. The third-order valence-electron chi connectivity index (χ3n) is 5.00. The molecule has 1 heterocycles. The molecule has 0 saturated heterocycles. The molecular formula is C16H28N4. The Kier molecular flexibility index (Phi) is 4.41. The van der Waals surface area contributed by atoms with Crippen molar-refractivity contribution in [3.05, 3.63) is 18.0 Å². The van der Waals surface area contributed by atoms with E-state index in [0.717, 1.165) is 19.0 Å². The van der Waals surface area contributed by atoms with Crippen molar-refractivity contribution in [1.29, 1.82) is 0 Å². The van der Waals surface area contributed by atoms with E-state index in [4.69, 9.17) is 10.8 Å². The van der Waals surface area contributed by atoms with Crippen molar-refractivity contribution >= 4 is 0 Å². The van der Waals surface area contributed by atoms with Crippen molar-refractivity contribution in [3.8, 4) is 0 Å². The van der Waals surface area contributed by atoms with Crippen molar-refractivity contribution in [2.45, 2.75) is 63.6 Å². The van der Waals surface area contributed by atoms with E-state index in [1.807, 2.05) is 0 Å². The largest absolute Gasteiger partial charge is 0.329 e. The fourth-order valence-corrected chi connectivity index (χ4v) is 3.60. The van der Waals surface area contributed by atoms with Crippen LogP contribution in [0.25, 0.3) is 0 Å². The predicted octanol–water partition coefficient (Wildman–Crippen LogP) is 2.56. The Hall–Kier alpha value is -0.870. The minimum atomic E-state index is 0.537. The number of rotatable bonds is 6. The Morgan fingerprint density at radius 1 is 1.30 bits per heavy atom. The Balaban J connectivity index is 1.58. The van der Waals surface area contributed by atoms with E-state index in [2.05, 4.69) is 28.9 Å². The van der Waals surface area contributed by atoms with Gasteiger partial charge in [-0.25, -0.2) is 0 Å². The first-order valence-corrected chi connectivity index (χ1v) is 8.22. The molecule has 0 bridgehead atoms. The van der Waals surface area contributed by atoms with Gasteiger partial charge in [-0.15, -0.1) is 0 Å². The lowest BCUT2D eigenvalue weighted by Crippen LogP contribution is -2.39. The van der Waals surface area contributed by atoms with Gasteiger partial charge in [-0.1, -0.05) is 19.3 Å². The standard InChI is InChI=1S/C16H28N4/c1-19(16(11-17)13-7-8-13)12-14-9-10-20(18-14)15-5-3-2-4-6-15/h9-10,13,15-16H,2-8,11-12,17H2,1H3. The number of nitrogens with two attached hydrogens (primary N) is 1. The van der Waals surface area contributed by atoms with Crippen LogP contribution in [0.1, 0.15) is 56.7 Å². The molecule has 1 aromatic heterocycles. The highest BCUT2D eigenvalue weighted by Gasteiger charge is 2.32. The van der Waals surface area contributed by atoms with Gasteiger partial charge >= 0.3 is 0 Å². The van der Waals surface area contributed by atoms with Crippen LogP contribution in [0, 0.1) is 5.92 Å². The number of likely N-dealkylation sites (N-methyl/N-ethyl adjacent to an activating group) is 1. The van der Waals surface area contributed by atoms with Gasteiger partial charge < -0.3 is 5.73 Å². The van der Waals surface area contributed by atoms with Crippen molar-refractivity contribution in [3.63, 3.8) is 0 Å². The van der Waals surface area contributed by atoms with E-state index in [9.17, 15) is 0 Å². The average Bonchev–Trinajstić information content (AvgIpc) is 3.19. The second-order valence-electron chi connectivity index (χ2n) is 6.63. The second kappa shape index (κ2) is 6.27. The molecule has 112 valence electrons. The Morgan fingerprint density at radius 3 is 2.70 bits per heavy atom. The Labute approximate surface area is 122 Å². The summed E-state index contributed by atoms with van der Waals surface area (Å²) < 4.78 is 2.21. The topological polar surface area (TPSA) is 47.1 Å². The van der Waals surface area contributed by atoms with Crippen LogP contribution in [0.15, 0.2) is 12.3 Å². The second-order valence-corrected chi connectivity index (χ2v) is 6.63. The molecule has 1 unspecified atom stereocenters. The summed E-state index contributed by atoms with van der Waals surface area (Å²) in [5.74, 6) is 0.824. The highest BCUT2D eigenvalue weighted by atomic mass is 15.3. The minimum absolute atomic E-state index is 0.537. The van der Waals surface area contributed by atoms with E-state index >= 15 is 0 Å². The van der Waals surface area contributed by atoms with E-state index in [1.54, 1.807) is 0 Å². The summed E-state index contributed by atoms with van der Waals surface area (Å²) in [5, 5.41) is 4.80. The quantitative estimate of drug-likeness (QED) is 0.868. The first-order valence-electron chi connectivity index (χ1n) is 8.22. The van der Waals surface area contributed by atoms with Crippen LogP contribution in [0.3, 0.4) is 0 Å². The fourth-order valence-electron chi connectivity index (χ4n) is 3.60. The molecule has 1 aromatic rings. The molecule has 0 aliphatic heterocycles. The molecule has 2 aliphatic carbocycles. The molecule has 2 fully saturated rings. The monoisotopic (exact) mass is 276 g/mol. The third-order valence-corrected chi connectivity index (χ3v) is 5.00. The van der Waals surface area contributed by atoms with Crippen LogP contribution in [-0.2, 0) is 6.54 Å². The molecule has 1 atom stereocenters. The minimum Gasteiger partial charge on any atom is -0.329 e. The van der Waals surface area contributed by atoms with Gasteiger partial charge in [0.15, 0.2) is 0 Å². The van der Waals surface area contributed by atoms with Crippen molar-refractivity contribution < 1.29 is 0 Å². The Morgan fingerprint density at radius 2 is 2.05 bits per heavy atom. The normalized spacial score (nSPS) is 22.4. The van der Waals surface area contributed by atoms with Gasteiger partial charge in [0.2, 0.25) is 0 Å². The van der Waals surface area contributed by atoms with Crippen molar-refractivity contribution in [2.75, 3.05) is 13.6 Å².